The Hall–Kier alpha value is -2.68. The van der Waals surface area contributed by atoms with E-state index in [0.717, 1.165) is 30.2 Å². The van der Waals surface area contributed by atoms with E-state index in [2.05, 4.69) is 47.5 Å². The molecular formula is C20H21NO2. The molecule has 3 rings (SSSR count). The lowest BCUT2D eigenvalue weighted by Crippen LogP contribution is -2.18. The van der Waals surface area contributed by atoms with E-state index in [0.29, 0.717) is 6.61 Å². The van der Waals surface area contributed by atoms with Crippen LogP contribution in [0.25, 0.3) is 0 Å². The van der Waals surface area contributed by atoms with Crippen LogP contribution in [0.5, 0.6) is 11.5 Å². The first-order valence-corrected chi connectivity index (χ1v) is 7.76. The van der Waals surface area contributed by atoms with Gasteiger partial charge in [-0.2, -0.15) is 0 Å². The van der Waals surface area contributed by atoms with Gasteiger partial charge >= 0.3 is 0 Å². The average molecular weight is 307 g/mol. The molecule has 0 aromatic heterocycles. The number of methoxy groups -OCH3 is 1. The van der Waals surface area contributed by atoms with Crippen LogP contribution in [0.1, 0.15) is 11.1 Å². The third kappa shape index (κ3) is 4.16. The highest BCUT2D eigenvalue weighted by Gasteiger charge is 2.08. The second-order valence-electron chi connectivity index (χ2n) is 5.46. The zero-order valence-corrected chi connectivity index (χ0v) is 13.3. The molecule has 0 amide bonds. The maximum Gasteiger partial charge on any atom is 0.161 e. The number of rotatable bonds is 6. The Labute approximate surface area is 137 Å². The molecule has 0 unspecified atom stereocenters. The van der Waals surface area contributed by atoms with E-state index >= 15 is 0 Å². The first kappa shape index (κ1) is 15.2. The normalized spacial score (nSPS) is 13.2. The van der Waals surface area contributed by atoms with Crippen molar-refractivity contribution in [2.24, 2.45) is 0 Å². The molecule has 0 fully saturated rings. The number of nitrogens with zero attached hydrogens (tertiary/aromatic N) is 1. The lowest BCUT2D eigenvalue weighted by molar-refractivity contribution is 0.284. The molecule has 0 saturated carbocycles. The number of allylic oxidation sites excluding steroid dienone is 2. The molecule has 3 nitrogen and oxygen atoms in total. The van der Waals surface area contributed by atoms with E-state index in [4.69, 9.17) is 9.47 Å². The number of benzene rings is 2. The number of hydrogen-bond acceptors (Lipinski definition) is 3. The van der Waals surface area contributed by atoms with Crippen molar-refractivity contribution in [3.05, 3.63) is 84.1 Å². The summed E-state index contributed by atoms with van der Waals surface area (Å²) >= 11 is 0. The first-order chi connectivity index (χ1) is 11.3. The van der Waals surface area contributed by atoms with Gasteiger partial charge in [0.05, 0.1) is 7.11 Å². The SMILES string of the molecule is COc1cc(CN2C=CC=CC2)ccc1OCc1ccccc1. The number of hydrogen-bond donors (Lipinski definition) is 0. The molecule has 2 aromatic rings. The van der Waals surface area contributed by atoms with Crippen molar-refractivity contribution in [2.45, 2.75) is 13.2 Å². The second kappa shape index (κ2) is 7.54. The Morgan fingerprint density at radius 1 is 0.957 bits per heavy atom. The summed E-state index contributed by atoms with van der Waals surface area (Å²) in [7, 11) is 1.68. The Balaban J connectivity index is 1.67. The van der Waals surface area contributed by atoms with Crippen LogP contribution in [0.15, 0.2) is 73.0 Å². The van der Waals surface area contributed by atoms with Crippen LogP contribution in [-0.4, -0.2) is 18.6 Å². The molecule has 0 bridgehead atoms. The Morgan fingerprint density at radius 3 is 2.57 bits per heavy atom. The Bertz CT molecular complexity index is 692. The molecule has 1 aliphatic rings. The molecule has 1 heterocycles. The van der Waals surface area contributed by atoms with Crippen LogP contribution in [0.3, 0.4) is 0 Å². The van der Waals surface area contributed by atoms with Gasteiger partial charge in [0, 0.05) is 13.1 Å². The van der Waals surface area contributed by atoms with Crippen LogP contribution >= 0.6 is 0 Å². The van der Waals surface area contributed by atoms with Gasteiger partial charge in [-0.25, -0.2) is 0 Å². The highest BCUT2D eigenvalue weighted by molar-refractivity contribution is 5.43. The van der Waals surface area contributed by atoms with Crippen molar-refractivity contribution in [1.82, 2.24) is 4.90 Å². The Morgan fingerprint density at radius 2 is 1.83 bits per heavy atom. The molecule has 118 valence electrons. The molecule has 0 radical (unpaired) electrons. The Kier molecular flexibility index (Phi) is 4.99. The quantitative estimate of drug-likeness (QED) is 0.800. The molecule has 3 heteroatoms. The summed E-state index contributed by atoms with van der Waals surface area (Å²) in [5.41, 5.74) is 2.35. The van der Waals surface area contributed by atoms with Gasteiger partial charge < -0.3 is 14.4 Å². The van der Waals surface area contributed by atoms with E-state index in [1.807, 2.05) is 30.3 Å². The molecule has 0 N–H and O–H groups in total. The largest absolute Gasteiger partial charge is 0.493 e. The highest BCUT2D eigenvalue weighted by Crippen LogP contribution is 2.29. The summed E-state index contributed by atoms with van der Waals surface area (Å²) in [5.74, 6) is 1.55. The molecule has 2 aromatic carbocycles. The molecule has 1 aliphatic heterocycles. The van der Waals surface area contributed by atoms with Gasteiger partial charge in [-0.05, 0) is 35.5 Å². The summed E-state index contributed by atoms with van der Waals surface area (Å²) < 4.78 is 11.4. The van der Waals surface area contributed by atoms with E-state index < -0.39 is 0 Å². The maximum absolute atomic E-state index is 5.90. The van der Waals surface area contributed by atoms with E-state index in [1.54, 1.807) is 7.11 Å². The molecule has 0 aliphatic carbocycles. The fourth-order valence-corrected chi connectivity index (χ4v) is 2.52. The van der Waals surface area contributed by atoms with Gasteiger partial charge in [0.2, 0.25) is 0 Å². The molecular weight excluding hydrogens is 286 g/mol. The lowest BCUT2D eigenvalue weighted by atomic mass is 10.1. The fraction of sp³-hybridized carbons (Fsp3) is 0.200. The predicted octanol–water partition coefficient (Wildman–Crippen LogP) is 4.16. The zero-order chi connectivity index (χ0) is 15.9. The van der Waals surface area contributed by atoms with Gasteiger partial charge in [0.1, 0.15) is 6.61 Å². The van der Waals surface area contributed by atoms with Crippen LogP contribution in [0.2, 0.25) is 0 Å². The smallest absolute Gasteiger partial charge is 0.161 e. The van der Waals surface area contributed by atoms with Crippen molar-refractivity contribution in [3.63, 3.8) is 0 Å². The van der Waals surface area contributed by atoms with Crippen molar-refractivity contribution in [1.29, 1.82) is 0 Å². The van der Waals surface area contributed by atoms with Gasteiger partial charge in [0.25, 0.3) is 0 Å². The van der Waals surface area contributed by atoms with Gasteiger partial charge in [0.15, 0.2) is 11.5 Å². The molecule has 0 spiro atoms. The minimum atomic E-state index is 0.538. The van der Waals surface area contributed by atoms with Crippen molar-refractivity contribution < 1.29 is 9.47 Å². The maximum atomic E-state index is 5.90. The summed E-state index contributed by atoms with van der Waals surface area (Å²) in [5, 5.41) is 0. The topological polar surface area (TPSA) is 21.7 Å². The number of ether oxygens (including phenoxy) is 2. The van der Waals surface area contributed by atoms with Crippen molar-refractivity contribution in [3.8, 4) is 11.5 Å². The third-order valence-corrected chi connectivity index (χ3v) is 3.73. The van der Waals surface area contributed by atoms with Crippen LogP contribution in [-0.2, 0) is 13.2 Å². The van der Waals surface area contributed by atoms with E-state index in [9.17, 15) is 0 Å². The standard InChI is InChI=1S/C20H21NO2/c1-22-20-14-18(15-21-12-6-3-7-13-21)10-11-19(20)23-16-17-8-4-2-5-9-17/h2-12,14H,13,15-16H2,1H3. The van der Waals surface area contributed by atoms with E-state index in [1.165, 1.54) is 5.56 Å². The van der Waals surface area contributed by atoms with Gasteiger partial charge in [-0.1, -0.05) is 48.6 Å². The summed E-state index contributed by atoms with van der Waals surface area (Å²) in [6.45, 7) is 2.33. The van der Waals surface area contributed by atoms with Crippen LogP contribution in [0.4, 0.5) is 0 Å². The summed E-state index contributed by atoms with van der Waals surface area (Å²) in [4.78, 5) is 2.25. The summed E-state index contributed by atoms with van der Waals surface area (Å²) in [6.07, 6.45) is 8.37. The predicted molar refractivity (Wildman–Crippen MR) is 92.5 cm³/mol. The minimum absolute atomic E-state index is 0.538. The minimum Gasteiger partial charge on any atom is -0.493 e. The van der Waals surface area contributed by atoms with Crippen molar-refractivity contribution >= 4 is 0 Å². The molecule has 0 atom stereocenters. The highest BCUT2D eigenvalue weighted by atomic mass is 16.5. The lowest BCUT2D eigenvalue weighted by Gasteiger charge is -2.21. The van der Waals surface area contributed by atoms with Crippen LogP contribution in [0, 0.1) is 0 Å². The van der Waals surface area contributed by atoms with Gasteiger partial charge in [-0.15, -0.1) is 0 Å². The molecule has 23 heavy (non-hydrogen) atoms. The van der Waals surface area contributed by atoms with Gasteiger partial charge in [-0.3, -0.25) is 0 Å². The van der Waals surface area contributed by atoms with E-state index in [-0.39, 0.29) is 0 Å². The fourth-order valence-electron chi connectivity index (χ4n) is 2.52. The van der Waals surface area contributed by atoms with Crippen molar-refractivity contribution in [2.75, 3.05) is 13.7 Å². The third-order valence-electron chi connectivity index (χ3n) is 3.73. The van der Waals surface area contributed by atoms with Crippen LogP contribution < -0.4 is 9.47 Å². The first-order valence-electron chi connectivity index (χ1n) is 7.76. The second-order valence-corrected chi connectivity index (χ2v) is 5.46. The summed E-state index contributed by atoms with van der Waals surface area (Å²) in [6, 6.07) is 16.3. The average Bonchev–Trinajstić information content (AvgIpc) is 2.62. The zero-order valence-electron chi connectivity index (χ0n) is 13.3. The monoisotopic (exact) mass is 307 g/mol. The molecule has 0 saturated heterocycles.